The quantitative estimate of drug-likeness (QED) is 0.439. The predicted octanol–water partition coefficient (Wildman–Crippen LogP) is 1.17. The second kappa shape index (κ2) is 4.82. The lowest BCUT2D eigenvalue weighted by molar-refractivity contribution is -0.0515. The lowest BCUT2D eigenvalue weighted by Gasteiger charge is -2.28. The largest absolute Gasteiger partial charge is 0.534 e. The number of carbonyl (C=O) groups excluding carboxylic acids is 1. The van der Waals surface area contributed by atoms with E-state index in [9.17, 15) is 26.4 Å². The molecule has 0 bridgehead atoms. The molecular formula is C7H8F3NO5S. The molecular weight excluding hydrogens is 267 g/mol. The van der Waals surface area contributed by atoms with Crippen molar-refractivity contribution < 1.29 is 35.3 Å². The Kier molecular flexibility index (Phi) is 3.86. The number of hydrogen-bond donors (Lipinski definition) is 0. The van der Waals surface area contributed by atoms with Crippen molar-refractivity contribution in [1.29, 1.82) is 0 Å². The first kappa shape index (κ1) is 13.6. The average molecular weight is 275 g/mol. The van der Waals surface area contributed by atoms with Gasteiger partial charge in [0.1, 0.15) is 12.5 Å². The van der Waals surface area contributed by atoms with Gasteiger partial charge in [-0.1, -0.05) is 0 Å². The zero-order valence-electron chi connectivity index (χ0n) is 8.31. The number of nitrogens with zero attached hydrogens (tertiary/aromatic N) is 1. The average Bonchev–Trinajstić information content (AvgIpc) is 2.07. The fraction of sp³-hybridized carbons (Fsp3) is 0.571. The molecule has 17 heavy (non-hydrogen) atoms. The van der Waals surface area contributed by atoms with Gasteiger partial charge in [-0.15, -0.1) is 0 Å². The highest BCUT2D eigenvalue weighted by Gasteiger charge is 2.47. The molecule has 0 aliphatic carbocycles. The van der Waals surface area contributed by atoms with Crippen LogP contribution in [0.3, 0.4) is 0 Å². The van der Waals surface area contributed by atoms with Gasteiger partial charge in [0.25, 0.3) is 0 Å². The van der Waals surface area contributed by atoms with Gasteiger partial charge >= 0.3 is 21.7 Å². The molecule has 6 nitrogen and oxygen atoms in total. The summed E-state index contributed by atoms with van der Waals surface area (Å²) in [6.07, 6.45) is 0.614. The molecule has 1 heterocycles. The fourth-order valence-corrected chi connectivity index (χ4v) is 1.11. The summed E-state index contributed by atoms with van der Waals surface area (Å²) in [5.41, 5.74) is -5.52. The predicted molar refractivity (Wildman–Crippen MR) is 47.9 cm³/mol. The molecule has 98 valence electrons. The van der Waals surface area contributed by atoms with Gasteiger partial charge < -0.3 is 13.8 Å². The van der Waals surface area contributed by atoms with Gasteiger partial charge in [0, 0.05) is 13.1 Å². The first-order chi connectivity index (χ1) is 7.74. The molecule has 1 aliphatic rings. The standard InChI is InChI=1S/C7H8F3NO5S/c8-7(9,10)17(13,14)16-5-4-15-6(12)11-2-1-3-11/h4-5H,1-3H2. The fourth-order valence-electron chi connectivity index (χ4n) is 0.810. The molecule has 0 N–H and O–H groups in total. The number of ether oxygens (including phenoxy) is 1. The van der Waals surface area contributed by atoms with Gasteiger partial charge in [0.15, 0.2) is 0 Å². The minimum atomic E-state index is -5.70. The summed E-state index contributed by atoms with van der Waals surface area (Å²) in [6, 6.07) is 0. The number of halogens is 3. The summed E-state index contributed by atoms with van der Waals surface area (Å²) < 4.78 is 63.7. The maximum atomic E-state index is 11.7. The molecule has 0 aromatic carbocycles. The minimum Gasteiger partial charge on any atom is -0.415 e. The Morgan fingerprint density at radius 3 is 2.24 bits per heavy atom. The number of alkyl halides is 3. The summed E-state index contributed by atoms with van der Waals surface area (Å²) in [6.45, 7) is 0.989. The minimum absolute atomic E-state index is 0.139. The molecule has 1 aliphatic heterocycles. The highest BCUT2D eigenvalue weighted by Crippen LogP contribution is 2.24. The summed E-state index contributed by atoms with van der Waals surface area (Å²) in [7, 11) is -5.70. The third kappa shape index (κ3) is 3.51. The van der Waals surface area contributed by atoms with Gasteiger partial charge in [0.2, 0.25) is 0 Å². The molecule has 0 atom stereocenters. The van der Waals surface area contributed by atoms with E-state index in [-0.39, 0.29) is 6.26 Å². The lowest BCUT2D eigenvalue weighted by Crippen LogP contribution is -2.41. The lowest BCUT2D eigenvalue weighted by atomic mass is 10.2. The molecule has 1 saturated heterocycles. The van der Waals surface area contributed by atoms with E-state index in [4.69, 9.17) is 0 Å². The van der Waals surface area contributed by atoms with Crippen LogP contribution >= 0.6 is 0 Å². The van der Waals surface area contributed by atoms with Crippen molar-refractivity contribution in [3.05, 3.63) is 12.5 Å². The van der Waals surface area contributed by atoms with Crippen LogP contribution in [0.5, 0.6) is 0 Å². The zero-order valence-corrected chi connectivity index (χ0v) is 9.12. The molecule has 1 amide bonds. The number of rotatable bonds is 3. The van der Waals surface area contributed by atoms with Gasteiger partial charge in [-0.2, -0.15) is 21.6 Å². The second-order valence-corrected chi connectivity index (χ2v) is 4.56. The van der Waals surface area contributed by atoms with E-state index in [2.05, 4.69) is 8.92 Å². The molecule has 0 saturated carbocycles. The monoisotopic (exact) mass is 275 g/mol. The zero-order chi connectivity index (χ0) is 13.1. The summed E-state index contributed by atoms with van der Waals surface area (Å²) in [4.78, 5) is 12.3. The Morgan fingerprint density at radius 1 is 1.24 bits per heavy atom. The molecule has 0 aromatic rings. The third-order valence-electron chi connectivity index (χ3n) is 1.80. The molecule has 0 aromatic heterocycles. The van der Waals surface area contributed by atoms with Crippen molar-refractivity contribution in [3.63, 3.8) is 0 Å². The van der Waals surface area contributed by atoms with Crippen molar-refractivity contribution in [2.45, 2.75) is 11.9 Å². The highest BCUT2D eigenvalue weighted by molar-refractivity contribution is 7.87. The molecule has 1 fully saturated rings. The van der Waals surface area contributed by atoms with Crippen LogP contribution < -0.4 is 0 Å². The van der Waals surface area contributed by atoms with Gasteiger partial charge in [-0.05, 0) is 6.42 Å². The van der Waals surface area contributed by atoms with Crippen LogP contribution in [0, 0.1) is 0 Å². The maximum Gasteiger partial charge on any atom is 0.534 e. The Hall–Kier alpha value is -1.45. The van der Waals surface area contributed by atoms with Crippen molar-refractivity contribution in [3.8, 4) is 0 Å². The third-order valence-corrected chi connectivity index (χ3v) is 2.74. The topological polar surface area (TPSA) is 72.9 Å². The highest BCUT2D eigenvalue weighted by atomic mass is 32.2. The van der Waals surface area contributed by atoms with Crippen LogP contribution in [-0.2, 0) is 19.0 Å². The van der Waals surface area contributed by atoms with E-state index < -0.39 is 21.7 Å². The normalized spacial score (nSPS) is 16.8. The Morgan fingerprint density at radius 2 is 1.82 bits per heavy atom. The summed E-state index contributed by atoms with van der Waals surface area (Å²) >= 11 is 0. The van der Waals surface area contributed by atoms with Crippen LogP contribution in [0.4, 0.5) is 18.0 Å². The Balaban J connectivity index is 2.38. The molecule has 10 heteroatoms. The maximum absolute atomic E-state index is 11.7. The van der Waals surface area contributed by atoms with E-state index in [0.29, 0.717) is 19.4 Å². The molecule has 0 radical (unpaired) electrons. The van der Waals surface area contributed by atoms with Gasteiger partial charge in [-0.25, -0.2) is 4.79 Å². The van der Waals surface area contributed by atoms with Gasteiger partial charge in [0.05, 0.1) is 0 Å². The first-order valence-electron chi connectivity index (χ1n) is 4.34. The molecule has 0 spiro atoms. The number of carbonyl (C=O) groups is 1. The number of likely N-dealkylation sites (tertiary alicyclic amines) is 1. The Labute approximate surface area is 94.7 Å². The summed E-state index contributed by atoms with van der Waals surface area (Å²) in [5.74, 6) is 0. The van der Waals surface area contributed by atoms with Crippen molar-refractivity contribution in [1.82, 2.24) is 4.90 Å². The van der Waals surface area contributed by atoms with Crippen molar-refractivity contribution in [2.24, 2.45) is 0 Å². The van der Waals surface area contributed by atoms with E-state index in [1.165, 1.54) is 4.90 Å². The van der Waals surface area contributed by atoms with Crippen molar-refractivity contribution in [2.75, 3.05) is 13.1 Å². The SMILES string of the molecule is O=C(OC=COS(=O)(=O)C(F)(F)F)N1CCC1. The van der Waals surface area contributed by atoms with Gasteiger partial charge in [-0.3, -0.25) is 0 Å². The van der Waals surface area contributed by atoms with E-state index in [1.54, 1.807) is 0 Å². The summed E-state index contributed by atoms with van der Waals surface area (Å²) in [5, 5.41) is 0. The first-order valence-corrected chi connectivity index (χ1v) is 5.75. The smallest absolute Gasteiger partial charge is 0.415 e. The number of amides is 1. The van der Waals surface area contributed by atoms with E-state index in [1.807, 2.05) is 0 Å². The van der Waals surface area contributed by atoms with Crippen LogP contribution in [0.15, 0.2) is 12.5 Å². The van der Waals surface area contributed by atoms with Crippen LogP contribution in [-0.4, -0.2) is 38.0 Å². The van der Waals surface area contributed by atoms with Crippen molar-refractivity contribution >= 4 is 16.2 Å². The van der Waals surface area contributed by atoms with E-state index in [0.717, 1.165) is 6.42 Å². The van der Waals surface area contributed by atoms with E-state index >= 15 is 0 Å². The number of hydrogen-bond acceptors (Lipinski definition) is 5. The molecule has 0 unspecified atom stereocenters. The van der Waals surface area contributed by atoms with Crippen LogP contribution in [0.25, 0.3) is 0 Å². The van der Waals surface area contributed by atoms with Crippen LogP contribution in [0.1, 0.15) is 6.42 Å². The van der Waals surface area contributed by atoms with Crippen LogP contribution in [0.2, 0.25) is 0 Å². The molecule has 1 rings (SSSR count). The second-order valence-electron chi connectivity index (χ2n) is 2.99. The Bertz CT molecular complexity index is 412.